The highest BCUT2D eigenvalue weighted by Gasteiger charge is 2.33. The molecule has 0 saturated heterocycles. The van der Waals surface area contributed by atoms with Gasteiger partial charge in [-0.05, 0) is 18.1 Å². The number of hydrogen-bond donors (Lipinski definition) is 2. The van der Waals surface area contributed by atoms with E-state index in [1.807, 2.05) is 13.8 Å². The highest BCUT2D eigenvalue weighted by atomic mass is 19.1. The third-order valence-electron chi connectivity index (χ3n) is 3.13. The van der Waals surface area contributed by atoms with Gasteiger partial charge in [0.25, 0.3) is 0 Å². The molecular formula is C13H21FN2O. The van der Waals surface area contributed by atoms with E-state index >= 15 is 0 Å². The van der Waals surface area contributed by atoms with Crippen LogP contribution in [0.4, 0.5) is 10.1 Å². The number of rotatable bonds is 6. The van der Waals surface area contributed by atoms with Crippen LogP contribution in [0.3, 0.4) is 0 Å². The lowest BCUT2D eigenvalue weighted by Gasteiger charge is -2.37. The third-order valence-corrected chi connectivity index (χ3v) is 3.13. The number of nitrogens with one attached hydrogen (secondary N) is 1. The van der Waals surface area contributed by atoms with Gasteiger partial charge in [-0.15, -0.1) is 0 Å². The molecule has 0 radical (unpaired) electrons. The maximum Gasteiger partial charge on any atom is 0.146 e. The van der Waals surface area contributed by atoms with E-state index in [9.17, 15) is 4.39 Å². The van der Waals surface area contributed by atoms with E-state index in [1.54, 1.807) is 25.3 Å². The monoisotopic (exact) mass is 240 g/mol. The molecule has 1 atom stereocenters. The first kappa shape index (κ1) is 13.9. The Morgan fingerprint density at radius 3 is 2.53 bits per heavy atom. The molecule has 0 heterocycles. The number of ether oxygens (including phenoxy) is 1. The fourth-order valence-electron chi connectivity index (χ4n) is 1.78. The van der Waals surface area contributed by atoms with Crippen LogP contribution in [0, 0.1) is 11.7 Å². The van der Waals surface area contributed by atoms with E-state index in [-0.39, 0.29) is 11.7 Å². The lowest BCUT2D eigenvalue weighted by molar-refractivity contribution is 0.121. The van der Waals surface area contributed by atoms with Crippen molar-refractivity contribution in [2.24, 2.45) is 11.7 Å². The van der Waals surface area contributed by atoms with Gasteiger partial charge in [0.15, 0.2) is 0 Å². The molecular weight excluding hydrogens is 219 g/mol. The van der Waals surface area contributed by atoms with Crippen LogP contribution < -0.4 is 11.1 Å². The molecule has 0 aliphatic rings. The van der Waals surface area contributed by atoms with Gasteiger partial charge < -0.3 is 15.8 Å². The molecule has 0 bridgehead atoms. The molecule has 3 nitrogen and oxygen atoms in total. The Hall–Kier alpha value is -1.13. The van der Waals surface area contributed by atoms with Crippen LogP contribution in [0.1, 0.15) is 13.8 Å². The summed E-state index contributed by atoms with van der Waals surface area (Å²) in [7, 11) is 1.62. The Morgan fingerprint density at radius 1 is 1.41 bits per heavy atom. The summed E-state index contributed by atoms with van der Waals surface area (Å²) in [4.78, 5) is 0. The van der Waals surface area contributed by atoms with E-state index in [1.165, 1.54) is 6.07 Å². The molecule has 4 heteroatoms. The molecule has 1 unspecified atom stereocenters. The van der Waals surface area contributed by atoms with Crippen LogP contribution in [-0.4, -0.2) is 25.8 Å². The van der Waals surface area contributed by atoms with Crippen molar-refractivity contribution >= 4 is 5.69 Å². The van der Waals surface area contributed by atoms with Crippen LogP contribution >= 0.6 is 0 Å². The van der Waals surface area contributed by atoms with Gasteiger partial charge in [-0.1, -0.05) is 26.0 Å². The molecule has 0 amide bonds. The van der Waals surface area contributed by atoms with Gasteiger partial charge in [-0.3, -0.25) is 0 Å². The average molecular weight is 240 g/mol. The van der Waals surface area contributed by atoms with Crippen molar-refractivity contribution < 1.29 is 9.13 Å². The van der Waals surface area contributed by atoms with Crippen molar-refractivity contribution in [3.63, 3.8) is 0 Å². The zero-order valence-electron chi connectivity index (χ0n) is 10.7. The molecule has 0 spiro atoms. The maximum atomic E-state index is 13.6. The first-order valence-electron chi connectivity index (χ1n) is 5.77. The Labute approximate surface area is 102 Å². The van der Waals surface area contributed by atoms with E-state index in [0.717, 1.165) is 0 Å². The summed E-state index contributed by atoms with van der Waals surface area (Å²) < 4.78 is 18.8. The Kier molecular flexibility index (Phi) is 4.90. The van der Waals surface area contributed by atoms with Crippen molar-refractivity contribution in [2.75, 3.05) is 25.6 Å². The lowest BCUT2D eigenvalue weighted by Crippen LogP contribution is -2.53. The molecule has 1 aromatic rings. The predicted molar refractivity (Wildman–Crippen MR) is 68.5 cm³/mol. The van der Waals surface area contributed by atoms with E-state index in [4.69, 9.17) is 10.5 Å². The van der Waals surface area contributed by atoms with Gasteiger partial charge >= 0.3 is 0 Å². The SMILES string of the molecule is COCC(CN)(Nc1ccccc1F)C(C)C. The van der Waals surface area contributed by atoms with Gasteiger partial charge in [0.2, 0.25) is 0 Å². The molecule has 0 fully saturated rings. The fraction of sp³-hybridized carbons (Fsp3) is 0.538. The predicted octanol–water partition coefficient (Wildman–Crippen LogP) is 2.24. The van der Waals surface area contributed by atoms with Crippen molar-refractivity contribution in [3.8, 4) is 0 Å². The lowest BCUT2D eigenvalue weighted by atomic mass is 9.86. The average Bonchev–Trinajstić information content (AvgIpc) is 2.31. The van der Waals surface area contributed by atoms with E-state index in [2.05, 4.69) is 5.32 Å². The number of para-hydroxylation sites is 1. The minimum atomic E-state index is -0.447. The van der Waals surface area contributed by atoms with Crippen molar-refractivity contribution in [1.29, 1.82) is 0 Å². The van der Waals surface area contributed by atoms with Crippen LogP contribution in [0.2, 0.25) is 0 Å². The summed E-state index contributed by atoms with van der Waals surface area (Å²) in [5.74, 6) is -0.0471. The fourth-order valence-corrected chi connectivity index (χ4v) is 1.78. The zero-order chi connectivity index (χ0) is 12.9. The van der Waals surface area contributed by atoms with Gasteiger partial charge in [-0.2, -0.15) is 0 Å². The molecule has 96 valence electrons. The van der Waals surface area contributed by atoms with Crippen LogP contribution in [-0.2, 0) is 4.74 Å². The molecule has 0 aliphatic carbocycles. The second kappa shape index (κ2) is 5.98. The molecule has 1 rings (SSSR count). The van der Waals surface area contributed by atoms with Crippen LogP contribution in [0.5, 0.6) is 0 Å². The highest BCUT2D eigenvalue weighted by Crippen LogP contribution is 2.24. The summed E-state index contributed by atoms with van der Waals surface area (Å²) in [6.45, 7) is 4.90. The first-order chi connectivity index (χ1) is 8.05. The molecule has 0 saturated carbocycles. The topological polar surface area (TPSA) is 47.3 Å². The number of benzene rings is 1. The van der Waals surface area contributed by atoms with Gasteiger partial charge in [0.05, 0.1) is 17.8 Å². The summed E-state index contributed by atoms with van der Waals surface area (Å²) in [6.07, 6.45) is 0. The first-order valence-corrected chi connectivity index (χ1v) is 5.77. The molecule has 0 aromatic heterocycles. The second-order valence-corrected chi connectivity index (χ2v) is 4.55. The number of halogens is 1. The van der Waals surface area contributed by atoms with E-state index < -0.39 is 5.54 Å². The minimum Gasteiger partial charge on any atom is -0.382 e. The Balaban J connectivity index is 2.97. The Morgan fingerprint density at radius 2 is 2.06 bits per heavy atom. The van der Waals surface area contributed by atoms with Gasteiger partial charge in [0.1, 0.15) is 5.82 Å². The Bertz CT molecular complexity index is 357. The third kappa shape index (κ3) is 3.17. The molecule has 3 N–H and O–H groups in total. The van der Waals surface area contributed by atoms with E-state index in [0.29, 0.717) is 18.8 Å². The van der Waals surface area contributed by atoms with Gasteiger partial charge in [0, 0.05) is 13.7 Å². The van der Waals surface area contributed by atoms with Crippen LogP contribution in [0.15, 0.2) is 24.3 Å². The summed E-state index contributed by atoms with van der Waals surface area (Å²) in [5.41, 5.74) is 5.84. The zero-order valence-corrected chi connectivity index (χ0v) is 10.7. The smallest absolute Gasteiger partial charge is 0.146 e. The van der Waals surface area contributed by atoms with Crippen molar-refractivity contribution in [3.05, 3.63) is 30.1 Å². The van der Waals surface area contributed by atoms with Crippen molar-refractivity contribution in [2.45, 2.75) is 19.4 Å². The molecule has 1 aromatic carbocycles. The second-order valence-electron chi connectivity index (χ2n) is 4.55. The number of anilines is 1. The summed E-state index contributed by atoms with van der Waals surface area (Å²) >= 11 is 0. The standard InChI is InChI=1S/C13H21FN2O/c1-10(2)13(8-15,9-17-3)16-12-7-5-4-6-11(12)14/h4-7,10,16H,8-9,15H2,1-3H3. The number of nitrogens with two attached hydrogens (primary N) is 1. The summed E-state index contributed by atoms with van der Waals surface area (Å²) in [6, 6.07) is 6.59. The maximum absolute atomic E-state index is 13.6. The highest BCUT2D eigenvalue weighted by molar-refractivity contribution is 5.47. The largest absolute Gasteiger partial charge is 0.382 e. The quantitative estimate of drug-likeness (QED) is 0.801. The number of methoxy groups -OCH3 is 1. The summed E-state index contributed by atoms with van der Waals surface area (Å²) in [5, 5.41) is 3.19. The normalized spacial score (nSPS) is 14.7. The van der Waals surface area contributed by atoms with Crippen molar-refractivity contribution in [1.82, 2.24) is 0 Å². The number of hydrogen-bond acceptors (Lipinski definition) is 3. The molecule has 0 aliphatic heterocycles. The van der Waals surface area contributed by atoms with Gasteiger partial charge in [-0.25, -0.2) is 4.39 Å². The minimum absolute atomic E-state index is 0.229. The molecule has 17 heavy (non-hydrogen) atoms. The van der Waals surface area contributed by atoms with Crippen LogP contribution in [0.25, 0.3) is 0 Å².